The van der Waals surface area contributed by atoms with Crippen molar-refractivity contribution in [1.82, 2.24) is 0 Å². The maximum atomic E-state index is 5.65. The molecular weight excluding hydrogens is 146 g/mol. The van der Waals surface area contributed by atoms with Gasteiger partial charge in [-0.1, -0.05) is 44.2 Å². The first kappa shape index (κ1) is 8.85. The molecule has 0 bridgehead atoms. The van der Waals surface area contributed by atoms with E-state index in [4.69, 9.17) is 5.73 Å². The molecule has 1 heteroatoms. The van der Waals surface area contributed by atoms with Crippen molar-refractivity contribution in [2.75, 3.05) is 0 Å². The largest absolute Gasteiger partial charge is 0.399 e. The fourth-order valence-corrected chi connectivity index (χ4v) is 1.32. The van der Waals surface area contributed by atoms with Crippen LogP contribution in [0.4, 0.5) is 0 Å². The van der Waals surface area contributed by atoms with Crippen LogP contribution in [0.3, 0.4) is 0 Å². The van der Waals surface area contributed by atoms with Gasteiger partial charge in [-0.2, -0.15) is 0 Å². The average molecular weight is 161 g/mol. The molecule has 0 radical (unpaired) electrons. The molecule has 1 aromatic carbocycles. The van der Waals surface area contributed by atoms with Gasteiger partial charge in [0.05, 0.1) is 0 Å². The summed E-state index contributed by atoms with van der Waals surface area (Å²) in [6, 6.07) is 8.16. The average Bonchev–Trinajstić information content (AvgIpc) is 2.05. The van der Waals surface area contributed by atoms with E-state index in [-0.39, 0.29) is 0 Å². The van der Waals surface area contributed by atoms with Gasteiger partial charge in [-0.3, -0.25) is 0 Å². The molecular formula is C11H15N. The molecule has 1 aromatic rings. The van der Waals surface area contributed by atoms with Crippen molar-refractivity contribution < 1.29 is 0 Å². The third-order valence-electron chi connectivity index (χ3n) is 1.88. The van der Waals surface area contributed by atoms with E-state index in [9.17, 15) is 0 Å². The maximum Gasteiger partial charge on any atom is 0.0317 e. The van der Waals surface area contributed by atoms with Crippen LogP contribution in [-0.4, -0.2) is 0 Å². The zero-order valence-corrected chi connectivity index (χ0v) is 7.51. The fourth-order valence-electron chi connectivity index (χ4n) is 1.32. The van der Waals surface area contributed by atoms with Gasteiger partial charge in [0.25, 0.3) is 0 Å². The summed E-state index contributed by atoms with van der Waals surface area (Å²) in [5.74, 6) is 0. The van der Waals surface area contributed by atoms with Crippen molar-refractivity contribution in [1.29, 1.82) is 0 Å². The predicted molar refractivity (Wildman–Crippen MR) is 53.7 cm³/mol. The molecule has 0 saturated heterocycles. The van der Waals surface area contributed by atoms with Crippen LogP contribution in [0.25, 0.3) is 5.70 Å². The lowest BCUT2D eigenvalue weighted by molar-refractivity contribution is 0.918. The molecule has 2 N–H and O–H groups in total. The molecule has 0 spiro atoms. The molecule has 0 fully saturated rings. The number of aryl methyl sites for hydroxylation is 1. The minimum atomic E-state index is 0.666. The zero-order valence-electron chi connectivity index (χ0n) is 7.51. The predicted octanol–water partition coefficient (Wildman–Crippen LogP) is 2.57. The van der Waals surface area contributed by atoms with E-state index >= 15 is 0 Å². The molecule has 0 heterocycles. The van der Waals surface area contributed by atoms with Crippen molar-refractivity contribution in [3.05, 3.63) is 42.0 Å². The molecule has 0 atom stereocenters. The lowest BCUT2D eigenvalue weighted by atomic mass is 10.0. The highest BCUT2D eigenvalue weighted by atomic mass is 14.6. The van der Waals surface area contributed by atoms with Gasteiger partial charge >= 0.3 is 0 Å². The van der Waals surface area contributed by atoms with Gasteiger partial charge in [-0.15, -0.1) is 0 Å². The molecule has 1 nitrogen and oxygen atoms in total. The highest BCUT2D eigenvalue weighted by molar-refractivity contribution is 5.63. The molecule has 0 saturated carbocycles. The molecule has 0 aliphatic heterocycles. The highest BCUT2D eigenvalue weighted by Gasteiger charge is 2.00. The van der Waals surface area contributed by atoms with Gasteiger partial charge in [-0.25, -0.2) is 0 Å². The molecule has 0 unspecified atom stereocenters. The minimum Gasteiger partial charge on any atom is -0.399 e. The zero-order chi connectivity index (χ0) is 8.97. The molecule has 64 valence electrons. The van der Waals surface area contributed by atoms with Crippen LogP contribution in [-0.2, 0) is 6.42 Å². The topological polar surface area (TPSA) is 26.0 Å². The third-order valence-corrected chi connectivity index (χ3v) is 1.88. The quantitative estimate of drug-likeness (QED) is 0.724. The van der Waals surface area contributed by atoms with Gasteiger partial charge in [0.2, 0.25) is 0 Å². The monoisotopic (exact) mass is 161 g/mol. The smallest absolute Gasteiger partial charge is 0.0317 e. The normalized spacial score (nSPS) is 9.75. The Morgan fingerprint density at radius 2 is 2.08 bits per heavy atom. The Morgan fingerprint density at radius 1 is 1.42 bits per heavy atom. The van der Waals surface area contributed by atoms with E-state index in [2.05, 4.69) is 19.6 Å². The van der Waals surface area contributed by atoms with Crippen LogP contribution in [0.15, 0.2) is 30.8 Å². The summed E-state index contributed by atoms with van der Waals surface area (Å²) in [6.45, 7) is 5.91. The first-order chi connectivity index (χ1) is 5.75. The van der Waals surface area contributed by atoms with Gasteiger partial charge < -0.3 is 5.73 Å². The van der Waals surface area contributed by atoms with Crippen LogP contribution in [0.2, 0.25) is 0 Å². The second-order valence-corrected chi connectivity index (χ2v) is 2.93. The van der Waals surface area contributed by atoms with Gasteiger partial charge in [0, 0.05) is 5.70 Å². The summed E-state index contributed by atoms with van der Waals surface area (Å²) >= 11 is 0. The second kappa shape index (κ2) is 3.96. The first-order valence-electron chi connectivity index (χ1n) is 4.28. The van der Waals surface area contributed by atoms with E-state index in [0.717, 1.165) is 18.4 Å². The molecule has 0 aliphatic rings. The Kier molecular flexibility index (Phi) is 2.92. The van der Waals surface area contributed by atoms with Crippen molar-refractivity contribution in [3.8, 4) is 0 Å². The number of rotatable bonds is 3. The summed E-state index contributed by atoms with van der Waals surface area (Å²) in [7, 11) is 0. The van der Waals surface area contributed by atoms with Gasteiger partial charge in [-0.05, 0) is 17.5 Å². The Labute approximate surface area is 73.9 Å². The van der Waals surface area contributed by atoms with Crippen molar-refractivity contribution in [3.63, 3.8) is 0 Å². The van der Waals surface area contributed by atoms with Crippen molar-refractivity contribution >= 4 is 5.70 Å². The van der Waals surface area contributed by atoms with E-state index < -0.39 is 0 Å². The number of hydrogen-bond donors (Lipinski definition) is 1. The Morgan fingerprint density at radius 3 is 2.67 bits per heavy atom. The van der Waals surface area contributed by atoms with E-state index in [1.165, 1.54) is 5.56 Å². The van der Waals surface area contributed by atoms with E-state index in [1.54, 1.807) is 0 Å². The van der Waals surface area contributed by atoms with E-state index in [0.29, 0.717) is 5.70 Å². The number of hydrogen-bond acceptors (Lipinski definition) is 1. The fraction of sp³-hybridized carbons (Fsp3) is 0.273. The minimum absolute atomic E-state index is 0.666. The van der Waals surface area contributed by atoms with Crippen molar-refractivity contribution in [2.24, 2.45) is 5.73 Å². The molecule has 0 aliphatic carbocycles. The lowest BCUT2D eigenvalue weighted by Crippen LogP contribution is -1.98. The second-order valence-electron chi connectivity index (χ2n) is 2.93. The number of benzene rings is 1. The Bertz CT molecular complexity index is 276. The summed E-state index contributed by atoms with van der Waals surface area (Å²) < 4.78 is 0. The van der Waals surface area contributed by atoms with Gasteiger partial charge in [0.15, 0.2) is 0 Å². The van der Waals surface area contributed by atoms with Crippen LogP contribution in [0.1, 0.15) is 24.5 Å². The highest BCUT2D eigenvalue weighted by Crippen LogP contribution is 2.15. The summed E-state index contributed by atoms with van der Waals surface area (Å²) in [5.41, 5.74) is 8.71. The number of nitrogens with two attached hydrogens (primary N) is 1. The van der Waals surface area contributed by atoms with Crippen LogP contribution < -0.4 is 5.73 Å². The Balaban J connectivity index is 3.00. The SMILES string of the molecule is C=C(N)c1ccccc1CCC. The first-order valence-corrected chi connectivity index (χ1v) is 4.28. The lowest BCUT2D eigenvalue weighted by Gasteiger charge is -2.06. The van der Waals surface area contributed by atoms with Crippen LogP contribution >= 0.6 is 0 Å². The maximum absolute atomic E-state index is 5.65. The third kappa shape index (κ3) is 1.88. The standard InChI is InChI=1S/C11H15N/c1-3-6-10-7-4-5-8-11(10)9(2)12/h4-5,7-8H,2-3,6,12H2,1H3. The molecule has 12 heavy (non-hydrogen) atoms. The summed E-state index contributed by atoms with van der Waals surface area (Å²) in [4.78, 5) is 0. The molecule has 1 rings (SSSR count). The van der Waals surface area contributed by atoms with E-state index in [1.807, 2.05) is 18.2 Å². The Hall–Kier alpha value is -1.24. The molecule has 0 aromatic heterocycles. The van der Waals surface area contributed by atoms with Crippen LogP contribution in [0, 0.1) is 0 Å². The summed E-state index contributed by atoms with van der Waals surface area (Å²) in [5, 5.41) is 0. The molecule has 0 amide bonds. The van der Waals surface area contributed by atoms with Crippen LogP contribution in [0.5, 0.6) is 0 Å². The summed E-state index contributed by atoms with van der Waals surface area (Å²) in [6.07, 6.45) is 2.22. The van der Waals surface area contributed by atoms with Gasteiger partial charge in [0.1, 0.15) is 0 Å². The van der Waals surface area contributed by atoms with Crippen molar-refractivity contribution in [2.45, 2.75) is 19.8 Å².